The summed E-state index contributed by atoms with van der Waals surface area (Å²) in [6.07, 6.45) is 0.593. The predicted molar refractivity (Wildman–Crippen MR) is 64.9 cm³/mol. The van der Waals surface area contributed by atoms with Gasteiger partial charge in [0.25, 0.3) is 0 Å². The number of nitrogens with two attached hydrogens (primary N) is 1. The van der Waals surface area contributed by atoms with Crippen LogP contribution in [-0.4, -0.2) is 8.42 Å². The van der Waals surface area contributed by atoms with E-state index < -0.39 is 10.0 Å². The number of primary sulfonamides is 1. The van der Waals surface area contributed by atoms with Gasteiger partial charge in [-0.25, -0.2) is 13.6 Å². The molecule has 0 atom stereocenters. The Morgan fingerprint density at radius 1 is 1.12 bits per heavy atom. The molecule has 0 aliphatic rings. The molecule has 84 valence electrons. The van der Waals surface area contributed by atoms with Gasteiger partial charge in [0.1, 0.15) is 4.21 Å². The third-order valence-corrected chi connectivity index (χ3v) is 4.72. The van der Waals surface area contributed by atoms with Crippen LogP contribution in [-0.2, 0) is 16.4 Å². The van der Waals surface area contributed by atoms with Crippen molar-refractivity contribution in [2.24, 2.45) is 5.14 Å². The van der Waals surface area contributed by atoms with Crippen LogP contribution in [0.25, 0.3) is 0 Å². The number of hydrogen-bond acceptors (Lipinski definition) is 3. The molecule has 1 aromatic heterocycles. The molecule has 0 bridgehead atoms. The maximum absolute atomic E-state index is 11.3. The van der Waals surface area contributed by atoms with E-state index in [-0.39, 0.29) is 4.21 Å². The molecule has 0 aliphatic carbocycles. The van der Waals surface area contributed by atoms with Crippen molar-refractivity contribution >= 4 is 21.4 Å². The predicted octanol–water partition coefficient (Wildman–Crippen LogP) is 1.99. The summed E-state index contributed by atoms with van der Waals surface area (Å²) in [5, 5.41) is 6.89. The number of hydrogen-bond donors (Lipinski definition) is 1. The van der Waals surface area contributed by atoms with Crippen molar-refractivity contribution in [2.45, 2.75) is 10.6 Å². The molecule has 5 heteroatoms. The Kier molecular flexibility index (Phi) is 3.09. The molecule has 16 heavy (non-hydrogen) atoms. The van der Waals surface area contributed by atoms with Gasteiger partial charge in [-0.1, -0.05) is 30.3 Å². The van der Waals surface area contributed by atoms with Crippen molar-refractivity contribution in [1.82, 2.24) is 0 Å². The minimum atomic E-state index is -3.59. The van der Waals surface area contributed by atoms with Gasteiger partial charge in [-0.15, -0.1) is 11.3 Å². The Balaban J connectivity index is 2.34. The van der Waals surface area contributed by atoms with Crippen molar-refractivity contribution in [3.63, 3.8) is 0 Å². The van der Waals surface area contributed by atoms with Gasteiger partial charge in [0, 0.05) is 0 Å². The summed E-state index contributed by atoms with van der Waals surface area (Å²) >= 11 is 1.16. The lowest BCUT2D eigenvalue weighted by atomic mass is 10.1. The molecule has 2 N–H and O–H groups in total. The molecule has 0 amide bonds. The van der Waals surface area contributed by atoms with Crippen LogP contribution in [0.3, 0.4) is 0 Å². The fourth-order valence-electron chi connectivity index (χ4n) is 1.52. The van der Waals surface area contributed by atoms with Crippen LogP contribution in [0.4, 0.5) is 0 Å². The average molecular weight is 253 g/mol. The fraction of sp³-hybridized carbons (Fsp3) is 0.0909. The third-order valence-electron chi connectivity index (χ3n) is 2.20. The molecule has 2 rings (SSSR count). The van der Waals surface area contributed by atoms with Gasteiger partial charge in [-0.3, -0.25) is 0 Å². The second kappa shape index (κ2) is 4.37. The summed E-state index contributed by atoms with van der Waals surface area (Å²) in [5.41, 5.74) is 1.84. The van der Waals surface area contributed by atoms with Crippen LogP contribution in [0.1, 0.15) is 11.1 Å². The van der Waals surface area contributed by atoms with Gasteiger partial charge < -0.3 is 0 Å². The van der Waals surface area contributed by atoms with Crippen molar-refractivity contribution in [1.29, 1.82) is 0 Å². The third kappa shape index (κ3) is 2.49. The maximum atomic E-state index is 11.3. The first-order valence-electron chi connectivity index (χ1n) is 4.70. The zero-order valence-electron chi connectivity index (χ0n) is 8.46. The molecule has 0 unspecified atom stereocenters. The molecule has 2 aromatic rings. The van der Waals surface area contributed by atoms with Gasteiger partial charge in [0.2, 0.25) is 10.0 Å². The van der Waals surface area contributed by atoms with Crippen LogP contribution < -0.4 is 5.14 Å². The SMILES string of the molecule is NS(=O)(=O)c1sccc1Cc1ccccc1. The monoisotopic (exact) mass is 253 g/mol. The standard InChI is InChI=1S/C11H11NO2S2/c12-16(13,14)11-10(6-7-15-11)8-9-4-2-1-3-5-9/h1-7H,8H2,(H2,12,13,14). The number of thiophene rings is 1. The highest BCUT2D eigenvalue weighted by molar-refractivity contribution is 7.91. The van der Waals surface area contributed by atoms with Crippen LogP contribution in [0.2, 0.25) is 0 Å². The summed E-state index contributed by atoms with van der Waals surface area (Å²) in [5.74, 6) is 0. The Hall–Kier alpha value is -1.17. The minimum Gasteiger partial charge on any atom is -0.224 e. The van der Waals surface area contributed by atoms with Gasteiger partial charge in [0.15, 0.2) is 0 Å². The van der Waals surface area contributed by atoms with Crippen LogP contribution in [0, 0.1) is 0 Å². The molecule has 0 fully saturated rings. The molecule has 1 heterocycles. The number of sulfonamides is 1. The van der Waals surface area contributed by atoms with Crippen molar-refractivity contribution in [3.8, 4) is 0 Å². The highest BCUT2D eigenvalue weighted by Crippen LogP contribution is 2.23. The number of benzene rings is 1. The van der Waals surface area contributed by atoms with Crippen LogP contribution in [0.15, 0.2) is 46.0 Å². The summed E-state index contributed by atoms with van der Waals surface area (Å²) in [6, 6.07) is 11.5. The summed E-state index contributed by atoms with van der Waals surface area (Å²) in [6.45, 7) is 0. The first-order valence-corrected chi connectivity index (χ1v) is 7.13. The summed E-state index contributed by atoms with van der Waals surface area (Å²) < 4.78 is 22.8. The molecule has 0 radical (unpaired) electrons. The first kappa shape index (κ1) is 11.3. The molecule has 3 nitrogen and oxygen atoms in total. The Labute approximate surface area is 98.6 Å². The quantitative estimate of drug-likeness (QED) is 0.909. The second-order valence-electron chi connectivity index (χ2n) is 3.44. The van der Waals surface area contributed by atoms with E-state index in [1.54, 1.807) is 11.4 Å². The lowest BCUT2D eigenvalue weighted by Crippen LogP contribution is -2.12. The van der Waals surface area contributed by atoms with E-state index in [1.165, 1.54) is 0 Å². The molecule has 0 saturated carbocycles. The Morgan fingerprint density at radius 2 is 1.81 bits per heavy atom. The topological polar surface area (TPSA) is 60.2 Å². The van der Waals surface area contributed by atoms with Crippen LogP contribution in [0.5, 0.6) is 0 Å². The Morgan fingerprint density at radius 3 is 2.44 bits per heavy atom. The highest BCUT2D eigenvalue weighted by atomic mass is 32.2. The van der Waals surface area contributed by atoms with E-state index in [4.69, 9.17) is 5.14 Å². The van der Waals surface area contributed by atoms with E-state index >= 15 is 0 Å². The molecule has 1 aromatic carbocycles. The average Bonchev–Trinajstić information content (AvgIpc) is 2.67. The minimum absolute atomic E-state index is 0.261. The van der Waals surface area contributed by atoms with E-state index in [0.717, 1.165) is 22.5 Å². The second-order valence-corrected chi connectivity index (χ2v) is 6.11. The van der Waals surface area contributed by atoms with Gasteiger partial charge >= 0.3 is 0 Å². The van der Waals surface area contributed by atoms with Gasteiger partial charge in [0.05, 0.1) is 0 Å². The van der Waals surface area contributed by atoms with E-state index in [2.05, 4.69) is 0 Å². The first-order chi connectivity index (χ1) is 7.57. The molecule has 0 saturated heterocycles. The van der Waals surface area contributed by atoms with Gasteiger partial charge in [-0.2, -0.15) is 0 Å². The zero-order chi connectivity index (χ0) is 11.6. The van der Waals surface area contributed by atoms with E-state index in [0.29, 0.717) is 6.42 Å². The van der Waals surface area contributed by atoms with Gasteiger partial charge in [-0.05, 0) is 29.0 Å². The van der Waals surface area contributed by atoms with Crippen molar-refractivity contribution in [3.05, 3.63) is 52.9 Å². The molecule has 0 spiro atoms. The lowest BCUT2D eigenvalue weighted by molar-refractivity contribution is 0.599. The summed E-state index contributed by atoms with van der Waals surface area (Å²) in [7, 11) is -3.59. The highest BCUT2D eigenvalue weighted by Gasteiger charge is 2.15. The number of rotatable bonds is 3. The van der Waals surface area contributed by atoms with E-state index in [1.807, 2.05) is 30.3 Å². The smallest absolute Gasteiger partial charge is 0.224 e. The van der Waals surface area contributed by atoms with Crippen LogP contribution >= 0.6 is 11.3 Å². The fourth-order valence-corrected chi connectivity index (χ4v) is 3.37. The van der Waals surface area contributed by atoms with E-state index in [9.17, 15) is 8.42 Å². The molecular weight excluding hydrogens is 242 g/mol. The normalized spacial score (nSPS) is 11.6. The molecular formula is C11H11NO2S2. The maximum Gasteiger partial charge on any atom is 0.247 e. The summed E-state index contributed by atoms with van der Waals surface area (Å²) in [4.78, 5) is 0. The van der Waals surface area contributed by atoms with Crippen molar-refractivity contribution in [2.75, 3.05) is 0 Å². The molecule has 0 aliphatic heterocycles. The largest absolute Gasteiger partial charge is 0.247 e. The van der Waals surface area contributed by atoms with Crippen molar-refractivity contribution < 1.29 is 8.42 Å². The Bertz CT molecular complexity index is 573. The lowest BCUT2D eigenvalue weighted by Gasteiger charge is -2.01. The zero-order valence-corrected chi connectivity index (χ0v) is 10.1.